The largest absolute Gasteiger partial charge is 0.377 e. The highest BCUT2D eigenvalue weighted by atomic mass is 16.5. The van der Waals surface area contributed by atoms with E-state index in [1.807, 2.05) is 0 Å². The Morgan fingerprint density at radius 2 is 2.00 bits per heavy atom. The summed E-state index contributed by atoms with van der Waals surface area (Å²) in [6.07, 6.45) is 7.12. The summed E-state index contributed by atoms with van der Waals surface area (Å²) in [5.74, 6) is 1.81. The van der Waals surface area contributed by atoms with E-state index >= 15 is 0 Å². The van der Waals surface area contributed by atoms with E-state index < -0.39 is 0 Å². The van der Waals surface area contributed by atoms with Crippen LogP contribution in [0.1, 0.15) is 46.0 Å². The van der Waals surface area contributed by atoms with E-state index in [1.54, 1.807) is 0 Å². The molecule has 2 fully saturated rings. The molecule has 0 aromatic heterocycles. The molecule has 1 saturated heterocycles. The van der Waals surface area contributed by atoms with Crippen LogP contribution in [0.15, 0.2) is 0 Å². The Kier molecular flexibility index (Phi) is 4.04. The standard InChI is InChI=1S/C13H25NO/c1-10-5-6-12(8-11(10)2)14-9-13-4-3-7-15-13/h10-14H,3-9H2,1-2H3/t10-,11+,12+,13+/m1/s1. The second-order valence-corrected chi connectivity index (χ2v) is 5.51. The van der Waals surface area contributed by atoms with Crippen molar-refractivity contribution >= 4 is 0 Å². The van der Waals surface area contributed by atoms with Gasteiger partial charge in [-0.05, 0) is 43.9 Å². The lowest BCUT2D eigenvalue weighted by molar-refractivity contribution is 0.102. The lowest BCUT2D eigenvalue weighted by Gasteiger charge is -2.33. The normalized spacial score (nSPS) is 42.0. The first-order chi connectivity index (χ1) is 7.25. The fraction of sp³-hybridized carbons (Fsp3) is 1.00. The van der Waals surface area contributed by atoms with Crippen LogP contribution in [0.3, 0.4) is 0 Å². The van der Waals surface area contributed by atoms with Crippen molar-refractivity contribution in [3.63, 3.8) is 0 Å². The molecule has 1 N–H and O–H groups in total. The van der Waals surface area contributed by atoms with Crippen molar-refractivity contribution in [2.75, 3.05) is 13.2 Å². The molecule has 2 rings (SSSR count). The summed E-state index contributed by atoms with van der Waals surface area (Å²) in [7, 11) is 0. The van der Waals surface area contributed by atoms with Gasteiger partial charge in [-0.3, -0.25) is 0 Å². The zero-order chi connectivity index (χ0) is 10.7. The molecular weight excluding hydrogens is 186 g/mol. The van der Waals surface area contributed by atoms with Gasteiger partial charge in [0.1, 0.15) is 0 Å². The smallest absolute Gasteiger partial charge is 0.0700 e. The molecule has 1 heterocycles. The molecule has 1 aliphatic carbocycles. The van der Waals surface area contributed by atoms with Gasteiger partial charge >= 0.3 is 0 Å². The average Bonchev–Trinajstić information content (AvgIpc) is 2.73. The molecule has 4 atom stereocenters. The third-order valence-electron chi connectivity index (χ3n) is 4.26. The third-order valence-corrected chi connectivity index (χ3v) is 4.26. The van der Waals surface area contributed by atoms with Gasteiger partial charge in [0.05, 0.1) is 6.10 Å². The first kappa shape index (κ1) is 11.4. The van der Waals surface area contributed by atoms with E-state index in [4.69, 9.17) is 4.74 Å². The lowest BCUT2D eigenvalue weighted by atomic mass is 9.79. The fourth-order valence-electron chi connectivity index (χ4n) is 2.84. The minimum Gasteiger partial charge on any atom is -0.377 e. The number of nitrogens with one attached hydrogen (secondary N) is 1. The predicted molar refractivity (Wildman–Crippen MR) is 62.9 cm³/mol. The Labute approximate surface area is 93.8 Å². The van der Waals surface area contributed by atoms with Crippen molar-refractivity contribution in [2.45, 2.75) is 58.1 Å². The molecule has 0 aromatic rings. The van der Waals surface area contributed by atoms with Crippen LogP contribution in [0.25, 0.3) is 0 Å². The first-order valence-electron chi connectivity index (χ1n) is 6.60. The summed E-state index contributed by atoms with van der Waals surface area (Å²) in [5, 5.41) is 3.69. The second-order valence-electron chi connectivity index (χ2n) is 5.51. The molecule has 0 unspecified atom stereocenters. The zero-order valence-corrected chi connectivity index (χ0v) is 10.2. The molecule has 0 aromatic carbocycles. The molecule has 1 saturated carbocycles. The third kappa shape index (κ3) is 3.18. The molecule has 2 aliphatic rings. The number of hydrogen-bond donors (Lipinski definition) is 1. The Balaban J connectivity index is 1.66. The maximum absolute atomic E-state index is 5.63. The van der Waals surface area contributed by atoms with Gasteiger partial charge in [0.15, 0.2) is 0 Å². The number of ether oxygens (including phenoxy) is 1. The Hall–Kier alpha value is -0.0800. The van der Waals surface area contributed by atoms with E-state index in [0.29, 0.717) is 6.10 Å². The van der Waals surface area contributed by atoms with Crippen molar-refractivity contribution in [1.82, 2.24) is 5.32 Å². The minimum absolute atomic E-state index is 0.500. The van der Waals surface area contributed by atoms with Crippen LogP contribution in [0.2, 0.25) is 0 Å². The van der Waals surface area contributed by atoms with Crippen LogP contribution in [0, 0.1) is 11.8 Å². The SMILES string of the molecule is C[C@@H]1CC[C@H](NC[C@@H]2CCCO2)C[C@@H]1C. The highest BCUT2D eigenvalue weighted by Gasteiger charge is 2.25. The van der Waals surface area contributed by atoms with Crippen molar-refractivity contribution in [2.24, 2.45) is 11.8 Å². The number of hydrogen-bond acceptors (Lipinski definition) is 2. The van der Waals surface area contributed by atoms with Gasteiger partial charge in [-0.15, -0.1) is 0 Å². The summed E-state index contributed by atoms with van der Waals surface area (Å²) in [6.45, 7) is 6.84. The van der Waals surface area contributed by atoms with Crippen molar-refractivity contribution in [3.05, 3.63) is 0 Å². The quantitative estimate of drug-likeness (QED) is 0.774. The van der Waals surface area contributed by atoms with E-state index in [-0.39, 0.29) is 0 Å². The van der Waals surface area contributed by atoms with Crippen LogP contribution in [0.5, 0.6) is 0 Å². The summed E-state index contributed by atoms with van der Waals surface area (Å²) in [4.78, 5) is 0. The molecule has 88 valence electrons. The zero-order valence-electron chi connectivity index (χ0n) is 10.2. The molecule has 1 aliphatic heterocycles. The van der Waals surface area contributed by atoms with Crippen molar-refractivity contribution in [3.8, 4) is 0 Å². The van der Waals surface area contributed by atoms with E-state index in [0.717, 1.165) is 31.0 Å². The second kappa shape index (κ2) is 5.31. The Bertz CT molecular complexity index is 189. The molecule has 0 bridgehead atoms. The maximum Gasteiger partial charge on any atom is 0.0700 e. The van der Waals surface area contributed by atoms with Gasteiger partial charge in [-0.1, -0.05) is 13.8 Å². The van der Waals surface area contributed by atoms with E-state index in [9.17, 15) is 0 Å². The summed E-state index contributed by atoms with van der Waals surface area (Å²) in [5.41, 5.74) is 0. The van der Waals surface area contributed by atoms with E-state index in [2.05, 4.69) is 19.2 Å². The van der Waals surface area contributed by atoms with Gasteiger partial charge in [0.2, 0.25) is 0 Å². The lowest BCUT2D eigenvalue weighted by Crippen LogP contribution is -2.39. The van der Waals surface area contributed by atoms with Crippen molar-refractivity contribution in [1.29, 1.82) is 0 Å². The van der Waals surface area contributed by atoms with Gasteiger partial charge in [-0.25, -0.2) is 0 Å². The summed E-state index contributed by atoms with van der Waals surface area (Å²) < 4.78 is 5.63. The Morgan fingerprint density at radius 3 is 2.67 bits per heavy atom. The molecule has 0 amide bonds. The maximum atomic E-state index is 5.63. The molecule has 15 heavy (non-hydrogen) atoms. The van der Waals surface area contributed by atoms with Crippen LogP contribution >= 0.6 is 0 Å². The van der Waals surface area contributed by atoms with Gasteiger partial charge in [0, 0.05) is 19.2 Å². The molecule has 0 spiro atoms. The predicted octanol–water partition coefficient (Wildman–Crippen LogP) is 2.58. The summed E-state index contributed by atoms with van der Waals surface area (Å²) >= 11 is 0. The van der Waals surface area contributed by atoms with Gasteiger partial charge in [-0.2, -0.15) is 0 Å². The Morgan fingerprint density at radius 1 is 1.13 bits per heavy atom. The fourth-order valence-corrected chi connectivity index (χ4v) is 2.84. The van der Waals surface area contributed by atoms with Crippen LogP contribution in [-0.2, 0) is 4.74 Å². The number of rotatable bonds is 3. The highest BCUT2D eigenvalue weighted by molar-refractivity contribution is 4.81. The van der Waals surface area contributed by atoms with Gasteiger partial charge < -0.3 is 10.1 Å². The molecule has 2 heteroatoms. The average molecular weight is 211 g/mol. The summed E-state index contributed by atoms with van der Waals surface area (Å²) in [6, 6.07) is 0.750. The van der Waals surface area contributed by atoms with Crippen molar-refractivity contribution < 1.29 is 4.74 Å². The monoisotopic (exact) mass is 211 g/mol. The van der Waals surface area contributed by atoms with E-state index in [1.165, 1.54) is 32.1 Å². The first-order valence-corrected chi connectivity index (χ1v) is 6.60. The molecule has 0 radical (unpaired) electrons. The minimum atomic E-state index is 0.500. The van der Waals surface area contributed by atoms with Crippen LogP contribution in [-0.4, -0.2) is 25.3 Å². The topological polar surface area (TPSA) is 21.3 Å². The van der Waals surface area contributed by atoms with Gasteiger partial charge in [0.25, 0.3) is 0 Å². The molecule has 2 nitrogen and oxygen atoms in total. The van der Waals surface area contributed by atoms with Crippen LogP contribution in [0.4, 0.5) is 0 Å². The molecular formula is C13H25NO. The highest BCUT2D eigenvalue weighted by Crippen LogP contribution is 2.29. The van der Waals surface area contributed by atoms with Crippen LogP contribution < -0.4 is 5.32 Å².